The third kappa shape index (κ3) is 5.46. The molecule has 3 aromatic rings. The zero-order valence-corrected chi connectivity index (χ0v) is 15.8. The van der Waals surface area contributed by atoms with E-state index in [9.17, 15) is 9.59 Å². The first-order valence-corrected chi connectivity index (χ1v) is 9.55. The molecule has 3 aromatic carbocycles. The molecule has 2 N–H and O–H groups in total. The summed E-state index contributed by atoms with van der Waals surface area (Å²) >= 11 is 1.46. The average Bonchev–Trinajstić information content (AvgIpc) is 2.69. The van der Waals surface area contributed by atoms with Gasteiger partial charge < -0.3 is 10.6 Å². The molecule has 0 radical (unpaired) electrons. The van der Waals surface area contributed by atoms with E-state index in [4.69, 9.17) is 0 Å². The molecule has 4 nitrogen and oxygen atoms in total. The van der Waals surface area contributed by atoms with E-state index >= 15 is 0 Å². The van der Waals surface area contributed by atoms with Crippen LogP contribution in [0.1, 0.15) is 15.9 Å². The molecule has 0 unspecified atom stereocenters. The lowest BCUT2D eigenvalue weighted by molar-refractivity contribution is -0.113. The Morgan fingerprint density at radius 3 is 2.22 bits per heavy atom. The van der Waals surface area contributed by atoms with Crippen LogP contribution in [0, 0.1) is 6.92 Å². The van der Waals surface area contributed by atoms with Gasteiger partial charge in [-0.2, -0.15) is 0 Å². The van der Waals surface area contributed by atoms with Gasteiger partial charge in [0, 0.05) is 10.6 Å². The van der Waals surface area contributed by atoms with E-state index in [0.717, 1.165) is 4.90 Å². The summed E-state index contributed by atoms with van der Waals surface area (Å²) in [4.78, 5) is 25.9. The van der Waals surface area contributed by atoms with Gasteiger partial charge >= 0.3 is 0 Å². The van der Waals surface area contributed by atoms with Crippen molar-refractivity contribution in [1.29, 1.82) is 0 Å². The first-order chi connectivity index (χ1) is 13.1. The minimum Gasteiger partial charge on any atom is -0.325 e. The lowest BCUT2D eigenvalue weighted by atomic mass is 10.1. The van der Waals surface area contributed by atoms with Crippen molar-refractivity contribution in [1.82, 2.24) is 0 Å². The van der Waals surface area contributed by atoms with Crippen molar-refractivity contribution < 1.29 is 9.59 Å². The SMILES string of the molecule is Cc1ccc(SCC(=O)Nc2ccccc2C(=O)Nc2ccccc2)cc1. The number of aryl methyl sites for hydroxylation is 1. The van der Waals surface area contributed by atoms with E-state index in [1.54, 1.807) is 24.3 Å². The van der Waals surface area contributed by atoms with Gasteiger partial charge in [0.15, 0.2) is 0 Å². The fourth-order valence-corrected chi connectivity index (χ4v) is 3.18. The van der Waals surface area contributed by atoms with Crippen LogP contribution < -0.4 is 10.6 Å². The maximum Gasteiger partial charge on any atom is 0.257 e. The molecule has 0 saturated carbocycles. The number of hydrogen-bond acceptors (Lipinski definition) is 3. The Morgan fingerprint density at radius 1 is 0.815 bits per heavy atom. The van der Waals surface area contributed by atoms with Crippen LogP contribution in [0.3, 0.4) is 0 Å². The molecular formula is C22H20N2O2S. The van der Waals surface area contributed by atoms with E-state index < -0.39 is 0 Å². The van der Waals surface area contributed by atoms with Crippen molar-refractivity contribution in [2.24, 2.45) is 0 Å². The first kappa shape index (κ1) is 18.7. The molecule has 0 bridgehead atoms. The molecule has 136 valence electrons. The summed E-state index contributed by atoms with van der Waals surface area (Å²) in [6.07, 6.45) is 0. The van der Waals surface area contributed by atoms with Crippen LogP contribution in [0.15, 0.2) is 83.8 Å². The largest absolute Gasteiger partial charge is 0.325 e. The van der Waals surface area contributed by atoms with Crippen LogP contribution in [-0.4, -0.2) is 17.6 Å². The second-order valence-corrected chi connectivity index (χ2v) is 7.06. The van der Waals surface area contributed by atoms with Gasteiger partial charge in [-0.15, -0.1) is 11.8 Å². The van der Waals surface area contributed by atoms with Crippen molar-refractivity contribution in [2.45, 2.75) is 11.8 Å². The minimum atomic E-state index is -0.261. The number of carbonyl (C=O) groups is 2. The normalized spacial score (nSPS) is 10.3. The molecule has 0 aliphatic carbocycles. The third-order valence-electron chi connectivity index (χ3n) is 3.87. The zero-order chi connectivity index (χ0) is 19.1. The molecule has 0 aromatic heterocycles. The van der Waals surface area contributed by atoms with Gasteiger partial charge in [0.1, 0.15) is 0 Å². The number of carbonyl (C=O) groups excluding carboxylic acids is 2. The second kappa shape index (κ2) is 9.05. The van der Waals surface area contributed by atoms with Gasteiger partial charge in [-0.05, 0) is 43.3 Å². The topological polar surface area (TPSA) is 58.2 Å². The Bertz CT molecular complexity index is 925. The van der Waals surface area contributed by atoms with Crippen molar-refractivity contribution in [3.63, 3.8) is 0 Å². The quantitative estimate of drug-likeness (QED) is 0.597. The number of rotatable bonds is 6. The fraction of sp³-hybridized carbons (Fsp3) is 0.0909. The summed E-state index contributed by atoms with van der Waals surface area (Å²) in [6.45, 7) is 2.03. The van der Waals surface area contributed by atoms with E-state index in [0.29, 0.717) is 16.9 Å². The molecule has 0 aliphatic rings. The number of nitrogens with one attached hydrogen (secondary N) is 2. The van der Waals surface area contributed by atoms with Crippen LogP contribution in [-0.2, 0) is 4.79 Å². The fourth-order valence-electron chi connectivity index (χ4n) is 2.48. The third-order valence-corrected chi connectivity index (χ3v) is 4.88. The Kier molecular flexibility index (Phi) is 6.28. The maximum absolute atomic E-state index is 12.6. The van der Waals surface area contributed by atoms with Crippen LogP contribution in [0.4, 0.5) is 11.4 Å². The van der Waals surface area contributed by atoms with Crippen LogP contribution in [0.2, 0.25) is 0 Å². The molecule has 0 heterocycles. The zero-order valence-electron chi connectivity index (χ0n) is 14.9. The monoisotopic (exact) mass is 376 g/mol. The first-order valence-electron chi connectivity index (χ1n) is 8.56. The molecule has 2 amide bonds. The molecule has 3 rings (SSSR count). The lowest BCUT2D eigenvalue weighted by Gasteiger charge is -2.11. The molecule has 0 fully saturated rings. The number of amides is 2. The lowest BCUT2D eigenvalue weighted by Crippen LogP contribution is -2.19. The maximum atomic E-state index is 12.6. The summed E-state index contributed by atoms with van der Waals surface area (Å²) < 4.78 is 0. The van der Waals surface area contributed by atoms with Crippen LogP contribution in [0.25, 0.3) is 0 Å². The molecule has 0 spiro atoms. The average molecular weight is 376 g/mol. The number of thioether (sulfide) groups is 1. The smallest absolute Gasteiger partial charge is 0.257 e. The minimum absolute atomic E-state index is 0.152. The Labute approximate surface area is 163 Å². The summed E-state index contributed by atoms with van der Waals surface area (Å²) in [6, 6.07) is 24.2. The van der Waals surface area contributed by atoms with Gasteiger partial charge in [0.2, 0.25) is 5.91 Å². The summed E-state index contributed by atoms with van der Waals surface area (Å²) in [5, 5.41) is 5.68. The number of para-hydroxylation sites is 2. The van der Waals surface area contributed by atoms with Crippen LogP contribution in [0.5, 0.6) is 0 Å². The predicted molar refractivity (Wildman–Crippen MR) is 111 cm³/mol. The Balaban J connectivity index is 1.63. The highest BCUT2D eigenvalue weighted by Crippen LogP contribution is 2.21. The van der Waals surface area contributed by atoms with E-state index in [2.05, 4.69) is 10.6 Å². The van der Waals surface area contributed by atoms with Gasteiger partial charge in [-0.3, -0.25) is 9.59 Å². The highest BCUT2D eigenvalue weighted by Gasteiger charge is 2.13. The van der Waals surface area contributed by atoms with Crippen molar-refractivity contribution in [2.75, 3.05) is 16.4 Å². The van der Waals surface area contributed by atoms with E-state index in [-0.39, 0.29) is 17.6 Å². The van der Waals surface area contributed by atoms with E-state index in [1.807, 2.05) is 61.5 Å². The molecule has 0 atom stereocenters. The molecular weight excluding hydrogens is 356 g/mol. The number of benzene rings is 3. The Morgan fingerprint density at radius 2 is 1.48 bits per heavy atom. The van der Waals surface area contributed by atoms with Gasteiger partial charge in [0.05, 0.1) is 17.0 Å². The summed E-state index contributed by atoms with van der Waals surface area (Å²) in [5.41, 5.74) is 2.82. The standard InChI is InChI=1S/C22H20N2O2S/c1-16-11-13-18(14-12-16)27-15-21(25)24-20-10-6-5-9-19(20)22(26)23-17-7-3-2-4-8-17/h2-14H,15H2,1H3,(H,23,26)(H,24,25). The molecule has 0 aliphatic heterocycles. The summed E-state index contributed by atoms with van der Waals surface area (Å²) in [7, 11) is 0. The highest BCUT2D eigenvalue weighted by atomic mass is 32.2. The predicted octanol–water partition coefficient (Wildman–Crippen LogP) is 4.98. The van der Waals surface area contributed by atoms with Crippen molar-refractivity contribution in [3.05, 3.63) is 90.0 Å². The summed E-state index contributed by atoms with van der Waals surface area (Å²) in [5.74, 6) is -0.138. The van der Waals surface area contributed by atoms with Gasteiger partial charge in [0.25, 0.3) is 5.91 Å². The molecule has 5 heteroatoms. The molecule has 0 saturated heterocycles. The highest BCUT2D eigenvalue weighted by molar-refractivity contribution is 8.00. The van der Waals surface area contributed by atoms with Gasteiger partial charge in [-0.25, -0.2) is 0 Å². The van der Waals surface area contributed by atoms with Crippen LogP contribution >= 0.6 is 11.8 Å². The number of hydrogen-bond donors (Lipinski definition) is 2. The van der Waals surface area contributed by atoms with Crippen molar-refractivity contribution >= 4 is 35.0 Å². The van der Waals surface area contributed by atoms with E-state index in [1.165, 1.54) is 17.3 Å². The number of anilines is 2. The second-order valence-electron chi connectivity index (χ2n) is 6.02. The Hall–Kier alpha value is -3.05. The van der Waals surface area contributed by atoms with Gasteiger partial charge in [-0.1, -0.05) is 48.0 Å². The molecule has 27 heavy (non-hydrogen) atoms. The van der Waals surface area contributed by atoms with Crippen molar-refractivity contribution in [3.8, 4) is 0 Å².